The first kappa shape index (κ1) is 14.8. The predicted octanol–water partition coefficient (Wildman–Crippen LogP) is 2.24. The fourth-order valence-electron chi connectivity index (χ4n) is 1.87. The van der Waals surface area contributed by atoms with Gasteiger partial charge in [-0.1, -0.05) is 6.07 Å². The van der Waals surface area contributed by atoms with Gasteiger partial charge in [-0.25, -0.2) is 4.98 Å². The molecular weight excluding hydrogens is 266 g/mol. The third-order valence-corrected chi connectivity index (χ3v) is 2.96. The SMILES string of the molecule is COc1cccc(C(=O)NCCNc2cc(C)ccn2)c1. The van der Waals surface area contributed by atoms with Gasteiger partial charge in [0.1, 0.15) is 11.6 Å². The number of pyridine rings is 1. The van der Waals surface area contributed by atoms with E-state index in [0.717, 1.165) is 11.4 Å². The summed E-state index contributed by atoms with van der Waals surface area (Å²) in [5, 5.41) is 6.01. The summed E-state index contributed by atoms with van der Waals surface area (Å²) in [6.07, 6.45) is 1.76. The number of aromatic nitrogens is 1. The first-order valence-corrected chi connectivity index (χ1v) is 6.78. The van der Waals surface area contributed by atoms with Gasteiger partial charge in [-0.3, -0.25) is 4.79 Å². The highest BCUT2D eigenvalue weighted by atomic mass is 16.5. The lowest BCUT2D eigenvalue weighted by molar-refractivity contribution is 0.0955. The second-order valence-electron chi connectivity index (χ2n) is 4.63. The molecule has 2 aromatic rings. The Kier molecular flexibility index (Phi) is 5.15. The number of hydrogen-bond acceptors (Lipinski definition) is 4. The van der Waals surface area contributed by atoms with Crippen molar-refractivity contribution in [3.05, 3.63) is 53.7 Å². The molecule has 21 heavy (non-hydrogen) atoms. The number of rotatable bonds is 6. The minimum Gasteiger partial charge on any atom is -0.497 e. The van der Waals surface area contributed by atoms with Crippen molar-refractivity contribution in [1.82, 2.24) is 10.3 Å². The minimum atomic E-state index is -0.118. The number of methoxy groups -OCH3 is 1. The number of carbonyl (C=O) groups excluding carboxylic acids is 1. The number of carbonyl (C=O) groups is 1. The van der Waals surface area contributed by atoms with Crippen molar-refractivity contribution in [2.75, 3.05) is 25.5 Å². The summed E-state index contributed by atoms with van der Waals surface area (Å²) in [6, 6.07) is 11.0. The molecule has 1 amide bonds. The molecule has 2 N–H and O–H groups in total. The van der Waals surface area contributed by atoms with Crippen LogP contribution >= 0.6 is 0 Å². The Labute approximate surface area is 124 Å². The Morgan fingerprint density at radius 3 is 2.86 bits per heavy atom. The van der Waals surface area contributed by atoms with Gasteiger partial charge in [0.2, 0.25) is 0 Å². The molecule has 5 nitrogen and oxygen atoms in total. The maximum atomic E-state index is 12.0. The highest BCUT2D eigenvalue weighted by Gasteiger charge is 2.05. The fourth-order valence-corrected chi connectivity index (χ4v) is 1.87. The van der Waals surface area contributed by atoms with E-state index in [4.69, 9.17) is 4.74 Å². The minimum absolute atomic E-state index is 0.118. The van der Waals surface area contributed by atoms with Gasteiger partial charge in [-0.05, 0) is 42.8 Å². The molecule has 2 rings (SSSR count). The van der Waals surface area contributed by atoms with Crippen molar-refractivity contribution >= 4 is 11.7 Å². The van der Waals surface area contributed by atoms with Gasteiger partial charge in [0.25, 0.3) is 5.91 Å². The molecule has 0 radical (unpaired) electrons. The number of benzene rings is 1. The van der Waals surface area contributed by atoms with Crippen molar-refractivity contribution < 1.29 is 9.53 Å². The molecule has 0 bridgehead atoms. The van der Waals surface area contributed by atoms with Crippen molar-refractivity contribution in [1.29, 1.82) is 0 Å². The molecule has 0 aliphatic rings. The summed E-state index contributed by atoms with van der Waals surface area (Å²) in [5.41, 5.74) is 1.73. The smallest absolute Gasteiger partial charge is 0.251 e. The second-order valence-corrected chi connectivity index (χ2v) is 4.63. The molecule has 0 spiro atoms. The van der Waals surface area contributed by atoms with E-state index in [9.17, 15) is 4.79 Å². The number of ether oxygens (including phenoxy) is 1. The zero-order valence-corrected chi connectivity index (χ0v) is 12.2. The molecular formula is C16H19N3O2. The van der Waals surface area contributed by atoms with Crippen LogP contribution in [0.15, 0.2) is 42.6 Å². The predicted molar refractivity (Wildman–Crippen MR) is 82.8 cm³/mol. The van der Waals surface area contributed by atoms with Crippen molar-refractivity contribution in [3.8, 4) is 5.75 Å². The third-order valence-electron chi connectivity index (χ3n) is 2.96. The Morgan fingerprint density at radius 1 is 1.24 bits per heavy atom. The molecule has 1 aromatic carbocycles. The van der Waals surface area contributed by atoms with E-state index >= 15 is 0 Å². The Morgan fingerprint density at radius 2 is 2.10 bits per heavy atom. The van der Waals surface area contributed by atoms with Crippen LogP contribution in [0, 0.1) is 6.92 Å². The number of nitrogens with one attached hydrogen (secondary N) is 2. The van der Waals surface area contributed by atoms with Crippen molar-refractivity contribution in [3.63, 3.8) is 0 Å². The van der Waals surface area contributed by atoms with Crippen LogP contribution in [0.2, 0.25) is 0 Å². The first-order valence-electron chi connectivity index (χ1n) is 6.78. The summed E-state index contributed by atoms with van der Waals surface area (Å²) < 4.78 is 5.10. The standard InChI is InChI=1S/C16H19N3O2/c1-12-6-7-17-15(10-12)18-8-9-19-16(20)13-4-3-5-14(11-13)21-2/h3-7,10-11H,8-9H2,1-2H3,(H,17,18)(H,19,20). The summed E-state index contributed by atoms with van der Waals surface area (Å²) in [6.45, 7) is 3.15. The van der Waals surface area contributed by atoms with E-state index in [1.54, 1.807) is 31.5 Å². The van der Waals surface area contributed by atoms with Gasteiger partial charge in [-0.15, -0.1) is 0 Å². The average molecular weight is 285 g/mol. The van der Waals surface area contributed by atoms with Crippen LogP contribution < -0.4 is 15.4 Å². The summed E-state index contributed by atoms with van der Waals surface area (Å²) in [5.74, 6) is 1.36. The number of amides is 1. The number of hydrogen-bond donors (Lipinski definition) is 2. The maximum Gasteiger partial charge on any atom is 0.251 e. The normalized spacial score (nSPS) is 10.0. The highest BCUT2D eigenvalue weighted by molar-refractivity contribution is 5.94. The molecule has 0 aliphatic carbocycles. The fraction of sp³-hybridized carbons (Fsp3) is 0.250. The topological polar surface area (TPSA) is 63.2 Å². The Hall–Kier alpha value is -2.56. The van der Waals surface area contributed by atoms with Crippen molar-refractivity contribution in [2.24, 2.45) is 0 Å². The first-order chi connectivity index (χ1) is 10.2. The van der Waals surface area contributed by atoms with Gasteiger partial charge in [0, 0.05) is 24.8 Å². The van der Waals surface area contributed by atoms with E-state index in [1.165, 1.54) is 0 Å². The van der Waals surface area contributed by atoms with Gasteiger partial charge in [0.05, 0.1) is 7.11 Å². The zero-order valence-electron chi connectivity index (χ0n) is 12.2. The molecule has 1 aromatic heterocycles. The molecule has 0 unspecified atom stereocenters. The second kappa shape index (κ2) is 7.28. The largest absolute Gasteiger partial charge is 0.497 e. The molecule has 0 saturated carbocycles. The lowest BCUT2D eigenvalue weighted by Gasteiger charge is -2.08. The lowest BCUT2D eigenvalue weighted by atomic mass is 10.2. The van der Waals surface area contributed by atoms with Gasteiger partial charge >= 0.3 is 0 Å². The Balaban J connectivity index is 1.79. The molecule has 0 aliphatic heterocycles. The zero-order chi connectivity index (χ0) is 15.1. The van der Waals surface area contributed by atoms with Crippen LogP contribution in [-0.2, 0) is 0 Å². The third kappa shape index (κ3) is 4.49. The van der Waals surface area contributed by atoms with E-state index in [0.29, 0.717) is 24.4 Å². The van der Waals surface area contributed by atoms with E-state index < -0.39 is 0 Å². The van der Waals surface area contributed by atoms with Gasteiger partial charge in [-0.2, -0.15) is 0 Å². The van der Waals surface area contributed by atoms with Crippen molar-refractivity contribution in [2.45, 2.75) is 6.92 Å². The van der Waals surface area contributed by atoms with Gasteiger partial charge in [0.15, 0.2) is 0 Å². The molecule has 5 heteroatoms. The highest BCUT2D eigenvalue weighted by Crippen LogP contribution is 2.12. The van der Waals surface area contributed by atoms with Crippen LogP contribution in [-0.4, -0.2) is 31.1 Å². The van der Waals surface area contributed by atoms with Crippen LogP contribution in [0.4, 0.5) is 5.82 Å². The van der Waals surface area contributed by atoms with Crippen LogP contribution in [0.3, 0.4) is 0 Å². The molecule has 0 saturated heterocycles. The molecule has 0 fully saturated rings. The quantitative estimate of drug-likeness (QED) is 0.799. The summed E-state index contributed by atoms with van der Waals surface area (Å²) in [4.78, 5) is 16.2. The van der Waals surface area contributed by atoms with E-state index in [2.05, 4.69) is 15.6 Å². The summed E-state index contributed by atoms with van der Waals surface area (Å²) in [7, 11) is 1.58. The monoisotopic (exact) mass is 285 g/mol. The van der Waals surface area contributed by atoms with Crippen LogP contribution in [0.25, 0.3) is 0 Å². The van der Waals surface area contributed by atoms with E-state index in [-0.39, 0.29) is 5.91 Å². The number of nitrogens with zero attached hydrogens (tertiary/aromatic N) is 1. The number of aryl methyl sites for hydroxylation is 1. The van der Waals surface area contributed by atoms with Crippen LogP contribution in [0.5, 0.6) is 5.75 Å². The van der Waals surface area contributed by atoms with Gasteiger partial charge < -0.3 is 15.4 Å². The molecule has 110 valence electrons. The lowest BCUT2D eigenvalue weighted by Crippen LogP contribution is -2.28. The maximum absolute atomic E-state index is 12.0. The van der Waals surface area contributed by atoms with Crippen LogP contribution in [0.1, 0.15) is 15.9 Å². The molecule has 1 heterocycles. The van der Waals surface area contributed by atoms with E-state index in [1.807, 2.05) is 25.1 Å². The average Bonchev–Trinajstić information content (AvgIpc) is 2.51. The molecule has 0 atom stereocenters. The Bertz CT molecular complexity index is 614. The summed E-state index contributed by atoms with van der Waals surface area (Å²) >= 11 is 0. The number of anilines is 1.